The maximum absolute atomic E-state index is 12.9. The van der Waals surface area contributed by atoms with E-state index in [1.54, 1.807) is 32.4 Å². The molecule has 2 aromatic carbocycles. The largest absolute Gasteiger partial charge is 0.497 e. The SMILES string of the molecule is COc1ccc(-c2nnc(NC(=O)[C@H](NC(=O)Nc3ccc(OC)cc3OC)C(C)C)s2)cc1. The van der Waals surface area contributed by atoms with Gasteiger partial charge in [0.15, 0.2) is 0 Å². The van der Waals surface area contributed by atoms with E-state index in [2.05, 4.69) is 26.1 Å². The summed E-state index contributed by atoms with van der Waals surface area (Å²) >= 11 is 1.24. The Labute approximate surface area is 201 Å². The van der Waals surface area contributed by atoms with Gasteiger partial charge in [0.1, 0.15) is 28.3 Å². The number of anilines is 2. The fourth-order valence-electron chi connectivity index (χ4n) is 3.04. The highest BCUT2D eigenvalue weighted by Gasteiger charge is 2.26. The van der Waals surface area contributed by atoms with Crippen LogP contribution in [-0.2, 0) is 4.79 Å². The predicted octanol–water partition coefficient (Wildman–Crippen LogP) is 4.02. The second-order valence-electron chi connectivity index (χ2n) is 7.52. The van der Waals surface area contributed by atoms with E-state index in [-0.39, 0.29) is 5.92 Å². The monoisotopic (exact) mass is 485 g/mol. The van der Waals surface area contributed by atoms with Gasteiger partial charge in [-0.25, -0.2) is 4.79 Å². The van der Waals surface area contributed by atoms with Crippen molar-refractivity contribution in [2.24, 2.45) is 5.92 Å². The van der Waals surface area contributed by atoms with Gasteiger partial charge in [-0.2, -0.15) is 0 Å². The third-order valence-corrected chi connectivity index (χ3v) is 5.77. The van der Waals surface area contributed by atoms with Crippen LogP contribution in [0.2, 0.25) is 0 Å². The number of nitrogens with zero attached hydrogens (tertiary/aromatic N) is 2. The molecule has 1 aromatic heterocycles. The number of benzene rings is 2. The first-order valence-electron chi connectivity index (χ1n) is 10.4. The van der Waals surface area contributed by atoms with Crippen molar-refractivity contribution in [2.75, 3.05) is 32.0 Å². The van der Waals surface area contributed by atoms with E-state index < -0.39 is 18.0 Å². The number of carbonyl (C=O) groups excluding carboxylic acids is 2. The van der Waals surface area contributed by atoms with Gasteiger partial charge in [0, 0.05) is 11.6 Å². The Hall–Kier alpha value is -3.86. The van der Waals surface area contributed by atoms with Crippen molar-refractivity contribution in [3.05, 3.63) is 42.5 Å². The highest BCUT2D eigenvalue weighted by molar-refractivity contribution is 7.18. The number of hydrogen-bond acceptors (Lipinski definition) is 8. The van der Waals surface area contributed by atoms with Crippen LogP contribution in [-0.4, -0.2) is 49.5 Å². The quantitative estimate of drug-likeness (QED) is 0.418. The lowest BCUT2D eigenvalue weighted by Crippen LogP contribution is -2.48. The molecule has 0 radical (unpaired) electrons. The molecule has 0 saturated heterocycles. The Morgan fingerprint density at radius 1 is 0.882 bits per heavy atom. The maximum Gasteiger partial charge on any atom is 0.320 e. The number of rotatable bonds is 9. The third-order valence-electron chi connectivity index (χ3n) is 4.88. The van der Waals surface area contributed by atoms with Crippen molar-refractivity contribution >= 4 is 34.1 Å². The number of ether oxygens (including phenoxy) is 3. The molecular formula is C23H27N5O5S. The van der Waals surface area contributed by atoms with Gasteiger partial charge >= 0.3 is 6.03 Å². The van der Waals surface area contributed by atoms with Crippen LogP contribution in [0, 0.1) is 5.92 Å². The van der Waals surface area contributed by atoms with Crippen molar-refractivity contribution in [3.8, 4) is 27.8 Å². The molecule has 0 unspecified atom stereocenters. The Bertz CT molecular complexity index is 1130. The van der Waals surface area contributed by atoms with Crippen LogP contribution < -0.4 is 30.2 Å². The summed E-state index contributed by atoms with van der Waals surface area (Å²) in [6, 6.07) is 11.0. The van der Waals surface area contributed by atoms with E-state index in [4.69, 9.17) is 14.2 Å². The number of aromatic nitrogens is 2. The molecule has 3 amide bonds. The van der Waals surface area contributed by atoms with Gasteiger partial charge in [-0.3, -0.25) is 10.1 Å². The highest BCUT2D eigenvalue weighted by Crippen LogP contribution is 2.29. The molecule has 3 rings (SSSR count). The molecule has 180 valence electrons. The zero-order chi connectivity index (χ0) is 24.7. The smallest absolute Gasteiger partial charge is 0.320 e. The number of hydrogen-bond donors (Lipinski definition) is 3. The van der Waals surface area contributed by atoms with Gasteiger partial charge in [0.25, 0.3) is 0 Å². The highest BCUT2D eigenvalue weighted by atomic mass is 32.1. The first-order valence-corrected chi connectivity index (χ1v) is 11.2. The van der Waals surface area contributed by atoms with Crippen molar-refractivity contribution in [1.29, 1.82) is 0 Å². The predicted molar refractivity (Wildman–Crippen MR) is 131 cm³/mol. The third kappa shape index (κ3) is 6.13. The number of nitrogens with one attached hydrogen (secondary N) is 3. The molecule has 0 fully saturated rings. The minimum Gasteiger partial charge on any atom is -0.497 e. The molecule has 3 aromatic rings. The summed E-state index contributed by atoms with van der Waals surface area (Å²) in [5.74, 6) is 1.17. The minimum atomic E-state index is -0.808. The lowest BCUT2D eigenvalue weighted by molar-refractivity contribution is -0.118. The van der Waals surface area contributed by atoms with Gasteiger partial charge in [-0.1, -0.05) is 25.2 Å². The van der Waals surface area contributed by atoms with Crippen molar-refractivity contribution < 1.29 is 23.8 Å². The number of methoxy groups -OCH3 is 3. The molecule has 1 atom stereocenters. The van der Waals surface area contributed by atoms with Gasteiger partial charge in [-0.05, 0) is 42.3 Å². The number of amides is 3. The van der Waals surface area contributed by atoms with Crippen molar-refractivity contribution in [2.45, 2.75) is 19.9 Å². The van der Waals surface area contributed by atoms with Gasteiger partial charge < -0.3 is 24.8 Å². The van der Waals surface area contributed by atoms with E-state index in [0.717, 1.165) is 11.3 Å². The molecule has 0 spiro atoms. The topological polar surface area (TPSA) is 124 Å². The number of carbonyl (C=O) groups is 2. The summed E-state index contributed by atoms with van der Waals surface area (Å²) in [6.07, 6.45) is 0. The molecule has 3 N–H and O–H groups in total. The lowest BCUT2D eigenvalue weighted by atomic mass is 10.0. The fraction of sp³-hybridized carbons (Fsp3) is 0.304. The summed E-state index contributed by atoms with van der Waals surface area (Å²) in [4.78, 5) is 25.5. The summed E-state index contributed by atoms with van der Waals surface area (Å²) in [6.45, 7) is 3.67. The van der Waals surface area contributed by atoms with E-state index in [9.17, 15) is 9.59 Å². The van der Waals surface area contributed by atoms with Gasteiger partial charge in [0.05, 0.1) is 27.0 Å². The maximum atomic E-state index is 12.9. The molecule has 0 aliphatic heterocycles. The lowest BCUT2D eigenvalue weighted by Gasteiger charge is -2.21. The number of urea groups is 1. The summed E-state index contributed by atoms with van der Waals surface area (Å²) in [7, 11) is 4.63. The second-order valence-corrected chi connectivity index (χ2v) is 8.49. The molecule has 10 nitrogen and oxygen atoms in total. The molecule has 0 aliphatic rings. The molecule has 34 heavy (non-hydrogen) atoms. The van der Waals surface area contributed by atoms with Crippen LogP contribution in [0.4, 0.5) is 15.6 Å². The van der Waals surface area contributed by atoms with E-state index in [0.29, 0.717) is 27.3 Å². The molecule has 11 heteroatoms. The molecular weight excluding hydrogens is 458 g/mol. The Kier molecular flexibility index (Phi) is 8.25. The van der Waals surface area contributed by atoms with Crippen molar-refractivity contribution in [3.63, 3.8) is 0 Å². The van der Waals surface area contributed by atoms with Gasteiger partial charge in [0.2, 0.25) is 11.0 Å². The average Bonchev–Trinajstić information content (AvgIpc) is 3.30. The van der Waals surface area contributed by atoms with Crippen LogP contribution >= 0.6 is 11.3 Å². The second kappa shape index (κ2) is 11.3. The van der Waals surface area contributed by atoms with Crippen LogP contribution in [0.3, 0.4) is 0 Å². The zero-order valence-corrected chi connectivity index (χ0v) is 20.4. The standard InChI is InChI=1S/C23H27N5O5S/c1-13(2)19(25-22(30)24-17-11-10-16(32-4)12-18(17)33-5)20(29)26-23-28-27-21(34-23)14-6-8-15(31-3)9-7-14/h6-13,19H,1-5H3,(H2,24,25,30)(H,26,28,29)/t19-/m1/s1. The molecule has 0 saturated carbocycles. The Balaban J connectivity index is 1.65. The normalized spacial score (nSPS) is 11.5. The van der Waals surface area contributed by atoms with E-state index in [1.165, 1.54) is 18.4 Å². The fourth-order valence-corrected chi connectivity index (χ4v) is 3.80. The van der Waals surface area contributed by atoms with E-state index in [1.807, 2.05) is 38.1 Å². The summed E-state index contributed by atoms with van der Waals surface area (Å²) in [5.41, 5.74) is 1.29. The van der Waals surface area contributed by atoms with Crippen molar-refractivity contribution in [1.82, 2.24) is 15.5 Å². The summed E-state index contributed by atoms with van der Waals surface area (Å²) < 4.78 is 15.6. The summed E-state index contributed by atoms with van der Waals surface area (Å²) in [5, 5.41) is 17.3. The minimum absolute atomic E-state index is 0.183. The zero-order valence-electron chi connectivity index (χ0n) is 19.5. The van der Waals surface area contributed by atoms with Crippen LogP contribution in [0.15, 0.2) is 42.5 Å². The van der Waals surface area contributed by atoms with Crippen LogP contribution in [0.5, 0.6) is 17.2 Å². The molecule has 1 heterocycles. The molecule has 0 bridgehead atoms. The first-order chi connectivity index (χ1) is 16.3. The Morgan fingerprint density at radius 2 is 1.56 bits per heavy atom. The molecule has 0 aliphatic carbocycles. The van der Waals surface area contributed by atoms with Gasteiger partial charge in [-0.15, -0.1) is 10.2 Å². The van der Waals surface area contributed by atoms with Crippen LogP contribution in [0.1, 0.15) is 13.8 Å². The van der Waals surface area contributed by atoms with Crippen LogP contribution in [0.25, 0.3) is 10.6 Å². The van der Waals surface area contributed by atoms with E-state index >= 15 is 0 Å². The average molecular weight is 486 g/mol. The first kappa shape index (κ1) is 24.8. The Morgan fingerprint density at radius 3 is 2.18 bits per heavy atom.